The van der Waals surface area contributed by atoms with E-state index in [0.29, 0.717) is 37.8 Å². The van der Waals surface area contributed by atoms with E-state index in [1.807, 2.05) is 0 Å². The van der Waals surface area contributed by atoms with Crippen LogP contribution < -0.4 is 10.2 Å². The molecule has 4 rings (SSSR count). The van der Waals surface area contributed by atoms with Crippen molar-refractivity contribution < 1.29 is 14.0 Å². The highest BCUT2D eigenvalue weighted by molar-refractivity contribution is 6.36. The van der Waals surface area contributed by atoms with Gasteiger partial charge in [-0.2, -0.15) is 0 Å². The summed E-state index contributed by atoms with van der Waals surface area (Å²) in [6.07, 6.45) is 1.46. The smallest absolute Gasteiger partial charge is 0.333 e. The third kappa shape index (κ3) is 3.52. The number of carbonyl (C=O) groups is 2. The van der Waals surface area contributed by atoms with Crippen molar-refractivity contribution in [2.24, 2.45) is 0 Å². The van der Waals surface area contributed by atoms with E-state index in [1.165, 1.54) is 12.1 Å². The summed E-state index contributed by atoms with van der Waals surface area (Å²) in [4.78, 5) is 25.9. The highest BCUT2D eigenvalue weighted by Crippen LogP contribution is 2.32. The Labute approximate surface area is 175 Å². The molecule has 1 aliphatic heterocycles. The molecule has 2 heterocycles. The second-order valence-corrected chi connectivity index (χ2v) is 7.21. The lowest BCUT2D eigenvalue weighted by atomic mass is 10.2. The maximum absolute atomic E-state index is 12.7. The molecule has 8 heteroatoms. The minimum absolute atomic E-state index is 0.0908. The van der Waals surface area contributed by atoms with Crippen molar-refractivity contribution in [2.45, 2.75) is 0 Å². The normalized spacial score (nSPS) is 15.4. The van der Waals surface area contributed by atoms with Gasteiger partial charge in [-0.15, -0.1) is 0 Å². The maximum atomic E-state index is 12.7. The molecule has 0 unspecified atom stereocenters. The second kappa shape index (κ2) is 7.36. The largest absolute Gasteiger partial charge is 0.457 e. The topological polar surface area (TPSA) is 62.6 Å². The Hall–Kier alpha value is -2.73. The Morgan fingerprint density at radius 2 is 1.71 bits per heavy atom. The molecule has 1 aliphatic rings. The predicted octanol–water partition coefficient (Wildman–Crippen LogP) is 6.00. The number of carbonyl (C=O) groups excluding carboxylic acids is 2. The van der Waals surface area contributed by atoms with Gasteiger partial charge in [0.15, 0.2) is 0 Å². The van der Waals surface area contributed by atoms with Crippen molar-refractivity contribution in [3.8, 4) is 11.3 Å². The first kappa shape index (κ1) is 18.6. The summed E-state index contributed by atoms with van der Waals surface area (Å²) in [5.74, 6) is 0.393. The molecule has 0 saturated carbocycles. The van der Waals surface area contributed by atoms with Gasteiger partial charge < -0.3 is 9.73 Å². The van der Waals surface area contributed by atoms with Gasteiger partial charge in [0.05, 0.1) is 10.7 Å². The monoisotopic (exact) mass is 432 g/mol. The number of amides is 3. The minimum atomic E-state index is -0.564. The Bertz CT molecular complexity index is 1140. The molecule has 0 bridgehead atoms. The van der Waals surface area contributed by atoms with E-state index in [4.69, 9.17) is 39.2 Å². The summed E-state index contributed by atoms with van der Waals surface area (Å²) in [5, 5.41) is 3.92. The minimum Gasteiger partial charge on any atom is -0.457 e. The molecule has 5 nitrogen and oxygen atoms in total. The Kier molecular flexibility index (Phi) is 4.89. The SMILES string of the molecule is O=C1N/C(=C\c2ccc(-c3ccc(Cl)cc3Cl)o2)C(=O)N1c1cccc(Cl)c1. The summed E-state index contributed by atoms with van der Waals surface area (Å²) < 4.78 is 5.75. The van der Waals surface area contributed by atoms with Crippen molar-refractivity contribution in [2.75, 3.05) is 4.90 Å². The van der Waals surface area contributed by atoms with Crippen LogP contribution in [-0.4, -0.2) is 11.9 Å². The van der Waals surface area contributed by atoms with Gasteiger partial charge in [0.25, 0.3) is 5.91 Å². The Morgan fingerprint density at radius 3 is 2.46 bits per heavy atom. The van der Waals surface area contributed by atoms with Crippen LogP contribution in [0.2, 0.25) is 15.1 Å². The molecule has 3 amide bonds. The first-order chi connectivity index (χ1) is 13.4. The summed E-state index contributed by atoms with van der Waals surface area (Å²) >= 11 is 18.1. The summed E-state index contributed by atoms with van der Waals surface area (Å²) in [7, 11) is 0. The fourth-order valence-corrected chi connectivity index (χ4v) is 3.48. The molecule has 140 valence electrons. The number of anilines is 1. The van der Waals surface area contributed by atoms with Crippen LogP contribution in [0.25, 0.3) is 17.4 Å². The van der Waals surface area contributed by atoms with Crippen LogP contribution in [0.5, 0.6) is 0 Å². The number of nitrogens with zero attached hydrogens (tertiary/aromatic N) is 1. The van der Waals surface area contributed by atoms with Crippen molar-refractivity contribution in [1.82, 2.24) is 5.32 Å². The molecule has 0 atom stereocenters. The van der Waals surface area contributed by atoms with Gasteiger partial charge in [0.2, 0.25) is 0 Å². The lowest BCUT2D eigenvalue weighted by molar-refractivity contribution is -0.113. The van der Waals surface area contributed by atoms with Gasteiger partial charge in [-0.3, -0.25) is 4.79 Å². The van der Waals surface area contributed by atoms with Crippen molar-refractivity contribution >= 4 is 58.5 Å². The van der Waals surface area contributed by atoms with Gasteiger partial charge >= 0.3 is 6.03 Å². The average molecular weight is 434 g/mol. The molecule has 1 aromatic heterocycles. The van der Waals surface area contributed by atoms with Crippen LogP contribution in [-0.2, 0) is 4.79 Å². The number of nitrogens with one attached hydrogen (secondary N) is 1. The third-order valence-electron chi connectivity index (χ3n) is 4.05. The molecule has 0 aliphatic carbocycles. The number of halogens is 3. The van der Waals surface area contributed by atoms with Crippen LogP contribution in [0.4, 0.5) is 10.5 Å². The van der Waals surface area contributed by atoms with Crippen LogP contribution in [0.15, 0.2) is 64.7 Å². The summed E-state index contributed by atoms with van der Waals surface area (Å²) in [5.41, 5.74) is 1.14. The number of hydrogen-bond donors (Lipinski definition) is 1. The number of hydrogen-bond acceptors (Lipinski definition) is 3. The summed E-state index contributed by atoms with van der Waals surface area (Å²) in [6, 6.07) is 14.4. The van der Waals surface area contributed by atoms with Crippen LogP contribution in [0, 0.1) is 0 Å². The molecular weight excluding hydrogens is 423 g/mol. The molecule has 1 N–H and O–H groups in total. The van der Waals surface area contributed by atoms with Gasteiger partial charge in [-0.05, 0) is 48.5 Å². The number of benzene rings is 2. The lowest BCUT2D eigenvalue weighted by Crippen LogP contribution is -2.30. The van der Waals surface area contributed by atoms with E-state index in [0.717, 1.165) is 4.90 Å². The first-order valence-electron chi connectivity index (χ1n) is 8.10. The second-order valence-electron chi connectivity index (χ2n) is 5.93. The molecule has 0 spiro atoms. The highest BCUT2D eigenvalue weighted by Gasteiger charge is 2.35. The third-order valence-corrected chi connectivity index (χ3v) is 4.84. The highest BCUT2D eigenvalue weighted by atomic mass is 35.5. The van der Waals surface area contributed by atoms with E-state index < -0.39 is 11.9 Å². The molecule has 28 heavy (non-hydrogen) atoms. The van der Waals surface area contributed by atoms with Crippen LogP contribution in [0.1, 0.15) is 5.76 Å². The zero-order chi connectivity index (χ0) is 19.8. The number of imide groups is 1. The van der Waals surface area contributed by atoms with E-state index in [-0.39, 0.29) is 5.70 Å². The molecule has 1 saturated heterocycles. The van der Waals surface area contributed by atoms with Crippen LogP contribution in [0.3, 0.4) is 0 Å². The van der Waals surface area contributed by atoms with E-state index in [1.54, 1.807) is 48.5 Å². The first-order valence-corrected chi connectivity index (χ1v) is 9.24. The molecule has 3 aromatic rings. The Balaban J connectivity index is 1.62. The average Bonchev–Trinajstić information content (AvgIpc) is 3.20. The molecular formula is C20H11Cl3N2O3. The van der Waals surface area contributed by atoms with E-state index in [2.05, 4.69) is 5.32 Å². The van der Waals surface area contributed by atoms with Crippen molar-refractivity contribution in [1.29, 1.82) is 0 Å². The van der Waals surface area contributed by atoms with Gasteiger partial charge in [0.1, 0.15) is 17.2 Å². The van der Waals surface area contributed by atoms with Gasteiger partial charge in [0, 0.05) is 21.7 Å². The molecule has 1 fully saturated rings. The fourth-order valence-electron chi connectivity index (χ4n) is 2.79. The van der Waals surface area contributed by atoms with Crippen molar-refractivity contribution in [3.63, 3.8) is 0 Å². The van der Waals surface area contributed by atoms with E-state index >= 15 is 0 Å². The lowest BCUT2D eigenvalue weighted by Gasteiger charge is -2.11. The quantitative estimate of drug-likeness (QED) is 0.407. The fraction of sp³-hybridized carbons (Fsp3) is 0. The number of urea groups is 1. The maximum Gasteiger partial charge on any atom is 0.333 e. The van der Waals surface area contributed by atoms with Gasteiger partial charge in [-0.25, -0.2) is 9.69 Å². The van der Waals surface area contributed by atoms with Gasteiger partial charge in [-0.1, -0.05) is 40.9 Å². The molecule has 2 aromatic carbocycles. The standard InChI is InChI=1S/C20H11Cl3N2O3/c21-11-2-1-3-13(8-11)25-19(26)17(24-20(25)27)10-14-5-7-18(28-14)15-6-4-12(22)9-16(15)23/h1-10H,(H,24,27)/b17-10-. The number of furan rings is 1. The number of rotatable bonds is 3. The predicted molar refractivity (Wildman–Crippen MR) is 110 cm³/mol. The van der Waals surface area contributed by atoms with E-state index in [9.17, 15) is 9.59 Å². The van der Waals surface area contributed by atoms with Crippen molar-refractivity contribution in [3.05, 3.63) is 81.1 Å². The summed E-state index contributed by atoms with van der Waals surface area (Å²) in [6.45, 7) is 0. The molecule has 0 radical (unpaired) electrons. The zero-order valence-corrected chi connectivity index (χ0v) is 16.3. The zero-order valence-electron chi connectivity index (χ0n) is 14.1. The van der Waals surface area contributed by atoms with Crippen LogP contribution >= 0.6 is 34.8 Å². The Morgan fingerprint density at radius 1 is 0.929 bits per heavy atom.